The maximum absolute atomic E-state index is 10.8. The van der Waals surface area contributed by atoms with E-state index in [1.807, 2.05) is 0 Å². The third-order valence-electron chi connectivity index (χ3n) is 1.24. The molecule has 6 nitrogen and oxygen atoms in total. The van der Waals surface area contributed by atoms with E-state index in [0.29, 0.717) is 0 Å². The quantitative estimate of drug-likeness (QED) is 0.361. The molecule has 0 spiro atoms. The van der Waals surface area contributed by atoms with E-state index in [-0.39, 0.29) is 25.3 Å². The first-order valence-electron chi connectivity index (χ1n) is 4.23. The SMILES string of the molecule is O=C(CCC(=O)OC[SiH2]O)OC[SiH2]O. The van der Waals surface area contributed by atoms with E-state index in [1.165, 1.54) is 0 Å². The highest BCUT2D eigenvalue weighted by atomic mass is 28.2. The fraction of sp³-hybridized carbons (Fsp3) is 0.667. The summed E-state index contributed by atoms with van der Waals surface area (Å²) in [4.78, 5) is 38.6. The molecule has 0 aliphatic heterocycles. The lowest BCUT2D eigenvalue weighted by Crippen LogP contribution is -2.14. The zero-order valence-electron chi connectivity index (χ0n) is 7.77. The van der Waals surface area contributed by atoms with Crippen LogP contribution in [0.5, 0.6) is 0 Å². The summed E-state index contributed by atoms with van der Waals surface area (Å²) < 4.78 is 9.14. The van der Waals surface area contributed by atoms with Crippen LogP contribution in [0.15, 0.2) is 0 Å². The van der Waals surface area contributed by atoms with E-state index < -0.39 is 31.5 Å². The molecule has 2 N–H and O–H groups in total. The Bertz CT molecular complexity index is 165. The fourth-order valence-electron chi connectivity index (χ4n) is 0.667. The highest BCUT2D eigenvalue weighted by molar-refractivity contribution is 6.25. The van der Waals surface area contributed by atoms with Gasteiger partial charge in [-0.1, -0.05) is 0 Å². The molecule has 0 aliphatic rings. The smallest absolute Gasteiger partial charge is 0.306 e. The summed E-state index contributed by atoms with van der Waals surface area (Å²) in [7, 11) is -2.53. The highest BCUT2D eigenvalue weighted by Gasteiger charge is 2.08. The lowest BCUT2D eigenvalue weighted by molar-refractivity contribution is -0.148. The molecule has 0 aliphatic carbocycles. The molecule has 0 bridgehead atoms. The van der Waals surface area contributed by atoms with Crippen LogP contribution in [0.1, 0.15) is 12.8 Å². The average molecular weight is 238 g/mol. The zero-order chi connectivity index (χ0) is 10.8. The molecule has 0 atom stereocenters. The maximum Gasteiger partial charge on any atom is 0.306 e. The predicted octanol–water partition coefficient (Wildman–Crippen LogP) is -3.08. The van der Waals surface area contributed by atoms with Crippen molar-refractivity contribution in [3.63, 3.8) is 0 Å². The van der Waals surface area contributed by atoms with Gasteiger partial charge in [-0.15, -0.1) is 0 Å². The number of carbonyl (C=O) groups is 2. The van der Waals surface area contributed by atoms with Gasteiger partial charge in [-0.2, -0.15) is 0 Å². The number of hydrogen-bond acceptors (Lipinski definition) is 6. The summed E-state index contributed by atoms with van der Waals surface area (Å²) >= 11 is 0. The second-order valence-electron chi connectivity index (χ2n) is 2.39. The van der Waals surface area contributed by atoms with E-state index in [0.717, 1.165) is 0 Å². The molecule has 0 heterocycles. The van der Waals surface area contributed by atoms with Crippen molar-refractivity contribution < 1.29 is 28.7 Å². The van der Waals surface area contributed by atoms with Gasteiger partial charge in [0.2, 0.25) is 0 Å². The van der Waals surface area contributed by atoms with Crippen molar-refractivity contribution in [3.05, 3.63) is 0 Å². The summed E-state index contributed by atoms with van der Waals surface area (Å²) in [5, 5.41) is 0. The van der Waals surface area contributed by atoms with E-state index in [4.69, 9.17) is 9.59 Å². The average Bonchev–Trinajstić information content (AvgIpc) is 2.20. The Labute approximate surface area is 86.1 Å². The van der Waals surface area contributed by atoms with Crippen LogP contribution in [0.25, 0.3) is 0 Å². The minimum atomic E-state index is -1.27. The first kappa shape index (κ1) is 13.3. The molecular formula is C6H14O6Si2. The molecule has 0 saturated carbocycles. The molecule has 82 valence electrons. The monoisotopic (exact) mass is 238 g/mol. The Morgan fingerprint density at radius 1 is 0.929 bits per heavy atom. The third kappa shape index (κ3) is 7.92. The van der Waals surface area contributed by atoms with Gasteiger partial charge >= 0.3 is 11.9 Å². The number of ether oxygens (including phenoxy) is 2. The van der Waals surface area contributed by atoms with E-state index >= 15 is 0 Å². The van der Waals surface area contributed by atoms with Crippen LogP contribution in [-0.2, 0) is 19.1 Å². The Hall–Kier alpha value is -0.706. The van der Waals surface area contributed by atoms with E-state index in [1.54, 1.807) is 0 Å². The van der Waals surface area contributed by atoms with Gasteiger partial charge in [-0.3, -0.25) is 9.59 Å². The minimum absolute atomic E-state index is 0.0415. The molecule has 0 amide bonds. The van der Waals surface area contributed by atoms with Gasteiger partial charge < -0.3 is 19.1 Å². The third-order valence-corrected chi connectivity index (χ3v) is 2.02. The summed E-state index contributed by atoms with van der Waals surface area (Å²) in [6.45, 7) is 0. The van der Waals surface area contributed by atoms with Gasteiger partial charge in [0.05, 0.1) is 12.8 Å². The molecule has 0 aromatic heterocycles. The van der Waals surface area contributed by atoms with Crippen LogP contribution in [0, 0.1) is 0 Å². The summed E-state index contributed by atoms with van der Waals surface area (Å²) in [6.07, 6.45) is 0.0787. The number of rotatable bonds is 7. The van der Waals surface area contributed by atoms with Crippen molar-refractivity contribution >= 4 is 31.5 Å². The maximum atomic E-state index is 10.8. The van der Waals surface area contributed by atoms with Crippen molar-refractivity contribution in [3.8, 4) is 0 Å². The second-order valence-corrected chi connectivity index (χ2v) is 4.10. The molecule has 0 aromatic rings. The minimum Gasteiger partial charge on any atom is -0.467 e. The van der Waals surface area contributed by atoms with Gasteiger partial charge in [0.15, 0.2) is 19.5 Å². The van der Waals surface area contributed by atoms with Crippen molar-refractivity contribution in [1.29, 1.82) is 0 Å². The largest absolute Gasteiger partial charge is 0.467 e. The first-order chi connectivity index (χ1) is 6.70. The van der Waals surface area contributed by atoms with Gasteiger partial charge in [0, 0.05) is 0 Å². The van der Waals surface area contributed by atoms with Crippen LogP contribution in [0.4, 0.5) is 0 Å². The van der Waals surface area contributed by atoms with Crippen molar-refractivity contribution in [2.45, 2.75) is 12.8 Å². The number of carbonyl (C=O) groups excluding carboxylic acids is 2. The van der Waals surface area contributed by atoms with Crippen LogP contribution < -0.4 is 0 Å². The lowest BCUT2D eigenvalue weighted by Gasteiger charge is -2.02. The molecule has 0 radical (unpaired) electrons. The molecule has 14 heavy (non-hydrogen) atoms. The molecule has 0 aromatic carbocycles. The molecular weight excluding hydrogens is 224 g/mol. The molecule has 8 heteroatoms. The van der Waals surface area contributed by atoms with Gasteiger partial charge in [-0.25, -0.2) is 0 Å². The van der Waals surface area contributed by atoms with Crippen molar-refractivity contribution in [2.24, 2.45) is 0 Å². The topological polar surface area (TPSA) is 93.1 Å². The van der Waals surface area contributed by atoms with Gasteiger partial charge in [0.1, 0.15) is 12.5 Å². The van der Waals surface area contributed by atoms with Crippen molar-refractivity contribution in [2.75, 3.05) is 12.5 Å². The normalized spacial score (nSPS) is 11.3. The predicted molar refractivity (Wildman–Crippen MR) is 52.7 cm³/mol. The standard InChI is InChI=1S/C6H14O6Si2/c7-5(11-3-13-9)1-2-6(8)12-4-14-10/h9-10H,1-4,13-14H2. The van der Waals surface area contributed by atoms with E-state index in [9.17, 15) is 9.59 Å². The van der Waals surface area contributed by atoms with Crippen LogP contribution in [0.3, 0.4) is 0 Å². The van der Waals surface area contributed by atoms with Gasteiger partial charge in [-0.05, 0) is 0 Å². The lowest BCUT2D eigenvalue weighted by atomic mass is 10.3. The Kier molecular flexibility index (Phi) is 8.43. The zero-order valence-corrected chi connectivity index (χ0v) is 10.6. The Morgan fingerprint density at radius 2 is 1.29 bits per heavy atom. The Balaban J connectivity index is 3.41. The Morgan fingerprint density at radius 3 is 1.57 bits per heavy atom. The molecule has 0 rings (SSSR count). The molecule has 0 saturated heterocycles. The fourth-order valence-corrected chi connectivity index (χ4v) is 1.31. The summed E-state index contributed by atoms with van der Waals surface area (Å²) in [5.41, 5.74) is 0. The van der Waals surface area contributed by atoms with Gasteiger partial charge in [0.25, 0.3) is 0 Å². The molecule has 0 fully saturated rings. The first-order valence-corrected chi connectivity index (χ1v) is 7.50. The second kappa shape index (κ2) is 8.87. The number of hydrogen-bond donors (Lipinski definition) is 2. The van der Waals surface area contributed by atoms with E-state index in [2.05, 4.69) is 9.47 Å². The van der Waals surface area contributed by atoms with Crippen LogP contribution >= 0.6 is 0 Å². The number of esters is 2. The molecule has 0 unspecified atom stereocenters. The summed E-state index contributed by atoms with van der Waals surface area (Å²) in [5.74, 6) is -1.02. The highest BCUT2D eigenvalue weighted by Crippen LogP contribution is 1.95. The van der Waals surface area contributed by atoms with Crippen LogP contribution in [0.2, 0.25) is 0 Å². The summed E-state index contributed by atoms with van der Waals surface area (Å²) in [6, 6.07) is 0. The van der Waals surface area contributed by atoms with Crippen molar-refractivity contribution in [1.82, 2.24) is 0 Å². The van der Waals surface area contributed by atoms with Crippen LogP contribution in [-0.4, -0.2) is 53.5 Å².